The fourth-order valence-electron chi connectivity index (χ4n) is 2.74. The Kier molecular flexibility index (Phi) is 6.04. The minimum atomic E-state index is -1.80. The van der Waals surface area contributed by atoms with Gasteiger partial charge in [-0.05, 0) is 43.6 Å². The van der Waals surface area contributed by atoms with Crippen molar-refractivity contribution in [2.45, 2.75) is 77.7 Å². The molecule has 1 fully saturated rings. The van der Waals surface area contributed by atoms with Gasteiger partial charge in [0.1, 0.15) is 5.75 Å². The van der Waals surface area contributed by atoms with Gasteiger partial charge in [0, 0.05) is 12.0 Å². The van der Waals surface area contributed by atoms with Gasteiger partial charge in [-0.25, -0.2) is 0 Å². The zero-order valence-electron chi connectivity index (χ0n) is 17.1. The lowest BCUT2D eigenvalue weighted by Crippen LogP contribution is -2.40. The fourth-order valence-corrected chi connectivity index (χ4v) is 3.68. The summed E-state index contributed by atoms with van der Waals surface area (Å²) >= 11 is 0. The molecule has 5 heteroatoms. The minimum Gasteiger partial charge on any atom is -0.496 e. The molecule has 0 spiro atoms. The second-order valence-electron chi connectivity index (χ2n) is 8.80. The number of hydrogen-bond acceptors (Lipinski definition) is 4. The first-order valence-electron chi connectivity index (χ1n) is 9.06. The highest BCUT2D eigenvalue weighted by molar-refractivity contribution is 6.74. The molecule has 1 aliphatic rings. The SMILES string of the molecule is COc1cccc(CO[Si](C)(C)C(C)(C)C)c1CC1COC(C)(C)O1. The molecule has 0 N–H and O–H groups in total. The van der Waals surface area contributed by atoms with Crippen molar-refractivity contribution < 1.29 is 18.6 Å². The summed E-state index contributed by atoms with van der Waals surface area (Å²) in [6, 6.07) is 6.17. The first-order valence-corrected chi connectivity index (χ1v) is 12.0. The van der Waals surface area contributed by atoms with Crippen molar-refractivity contribution in [3.05, 3.63) is 29.3 Å². The van der Waals surface area contributed by atoms with Crippen LogP contribution >= 0.6 is 0 Å². The molecule has 0 aliphatic carbocycles. The lowest BCUT2D eigenvalue weighted by atomic mass is 10.0. The van der Waals surface area contributed by atoms with Gasteiger partial charge in [0.25, 0.3) is 0 Å². The molecule has 2 rings (SSSR count). The Balaban J connectivity index is 2.18. The van der Waals surface area contributed by atoms with Gasteiger partial charge in [0.2, 0.25) is 0 Å². The van der Waals surface area contributed by atoms with Crippen LogP contribution in [0.5, 0.6) is 5.75 Å². The summed E-state index contributed by atoms with van der Waals surface area (Å²) in [6.07, 6.45) is 0.807. The van der Waals surface area contributed by atoms with Crippen LogP contribution in [0.3, 0.4) is 0 Å². The van der Waals surface area contributed by atoms with E-state index in [2.05, 4.69) is 39.9 Å². The van der Waals surface area contributed by atoms with Crippen LogP contribution in [-0.4, -0.2) is 33.9 Å². The molecular formula is C20H34O4Si. The molecule has 1 saturated heterocycles. The highest BCUT2D eigenvalue weighted by Crippen LogP contribution is 2.38. The maximum absolute atomic E-state index is 6.44. The van der Waals surface area contributed by atoms with Gasteiger partial charge >= 0.3 is 0 Å². The van der Waals surface area contributed by atoms with Gasteiger partial charge in [0.15, 0.2) is 14.1 Å². The molecule has 0 amide bonds. The van der Waals surface area contributed by atoms with Crippen LogP contribution in [0.1, 0.15) is 45.7 Å². The standard InChI is InChI=1S/C20H34O4Si/c1-19(2,3)25(7,8)23-13-15-10-9-11-18(21-6)17(15)12-16-14-22-20(4,5)24-16/h9-11,16H,12-14H2,1-8H3. The number of methoxy groups -OCH3 is 1. The van der Waals surface area contributed by atoms with E-state index in [4.69, 9.17) is 18.6 Å². The summed E-state index contributed by atoms with van der Waals surface area (Å²) in [5, 5.41) is 0.193. The molecule has 0 aromatic heterocycles. The smallest absolute Gasteiger partial charge is 0.192 e. The van der Waals surface area contributed by atoms with Gasteiger partial charge in [0.05, 0.1) is 26.4 Å². The van der Waals surface area contributed by atoms with Crippen molar-refractivity contribution in [3.63, 3.8) is 0 Å². The summed E-state index contributed by atoms with van der Waals surface area (Å²) in [4.78, 5) is 0. The summed E-state index contributed by atoms with van der Waals surface area (Å²) in [6.45, 7) is 16.5. The number of benzene rings is 1. The van der Waals surface area contributed by atoms with Gasteiger partial charge in [-0.15, -0.1) is 0 Å². The van der Waals surface area contributed by atoms with Crippen molar-refractivity contribution in [1.29, 1.82) is 0 Å². The van der Waals surface area contributed by atoms with E-state index in [9.17, 15) is 0 Å². The van der Waals surface area contributed by atoms with Crippen molar-refractivity contribution in [1.82, 2.24) is 0 Å². The van der Waals surface area contributed by atoms with E-state index in [0.29, 0.717) is 13.2 Å². The van der Waals surface area contributed by atoms with Crippen LogP contribution in [0, 0.1) is 0 Å². The fraction of sp³-hybridized carbons (Fsp3) is 0.700. The second kappa shape index (κ2) is 7.39. The van der Waals surface area contributed by atoms with Crippen LogP contribution in [0.15, 0.2) is 18.2 Å². The highest BCUT2D eigenvalue weighted by atomic mass is 28.4. The zero-order chi connectivity index (χ0) is 18.9. The van der Waals surface area contributed by atoms with E-state index in [1.54, 1.807) is 7.11 Å². The van der Waals surface area contributed by atoms with Crippen LogP contribution in [0.4, 0.5) is 0 Å². The molecule has 0 saturated carbocycles. The minimum absolute atomic E-state index is 0.0397. The Morgan fingerprint density at radius 2 is 1.92 bits per heavy atom. The molecule has 25 heavy (non-hydrogen) atoms. The van der Waals surface area contributed by atoms with Crippen LogP contribution in [0.2, 0.25) is 18.1 Å². The second-order valence-corrected chi connectivity index (χ2v) is 13.6. The molecular weight excluding hydrogens is 332 g/mol. The summed E-state index contributed by atoms with van der Waals surface area (Å²) in [5.74, 6) is 0.384. The third-order valence-corrected chi connectivity index (χ3v) is 9.82. The largest absolute Gasteiger partial charge is 0.496 e. The maximum atomic E-state index is 6.44. The first-order chi connectivity index (χ1) is 11.5. The Bertz CT molecular complexity index is 590. The average molecular weight is 367 g/mol. The monoisotopic (exact) mass is 366 g/mol. The average Bonchev–Trinajstić information content (AvgIpc) is 2.84. The van der Waals surface area contributed by atoms with E-state index in [1.165, 1.54) is 5.56 Å². The van der Waals surface area contributed by atoms with Crippen LogP contribution in [-0.2, 0) is 26.9 Å². The van der Waals surface area contributed by atoms with Crippen molar-refractivity contribution >= 4 is 8.32 Å². The molecule has 4 nitrogen and oxygen atoms in total. The highest BCUT2D eigenvalue weighted by Gasteiger charge is 2.37. The van der Waals surface area contributed by atoms with Crippen molar-refractivity contribution in [2.24, 2.45) is 0 Å². The number of rotatable bonds is 6. The van der Waals surface area contributed by atoms with Gasteiger partial charge in [-0.2, -0.15) is 0 Å². The molecule has 1 unspecified atom stereocenters. The molecule has 1 aliphatic heterocycles. The third kappa shape index (κ3) is 5.06. The van der Waals surface area contributed by atoms with E-state index in [0.717, 1.165) is 17.7 Å². The Labute approximate surface area is 153 Å². The number of hydrogen-bond donors (Lipinski definition) is 0. The normalized spacial score (nSPS) is 20.7. The molecule has 1 aromatic rings. The molecule has 1 atom stereocenters. The van der Waals surface area contributed by atoms with Gasteiger partial charge in [-0.1, -0.05) is 32.9 Å². The zero-order valence-corrected chi connectivity index (χ0v) is 18.1. The summed E-state index contributed by atoms with van der Waals surface area (Å²) in [5.41, 5.74) is 2.34. The topological polar surface area (TPSA) is 36.9 Å². The molecule has 0 radical (unpaired) electrons. The Morgan fingerprint density at radius 1 is 1.24 bits per heavy atom. The Hall–Kier alpha value is -0.883. The summed E-state index contributed by atoms with van der Waals surface area (Å²) in [7, 11) is -0.0867. The predicted octanol–water partition coefficient (Wildman–Crippen LogP) is 4.91. The van der Waals surface area contributed by atoms with Crippen LogP contribution in [0.25, 0.3) is 0 Å². The van der Waals surface area contributed by atoms with E-state index in [1.807, 2.05) is 26.0 Å². The molecule has 1 aromatic carbocycles. The molecule has 0 bridgehead atoms. The predicted molar refractivity (Wildman–Crippen MR) is 104 cm³/mol. The third-order valence-electron chi connectivity index (χ3n) is 5.34. The van der Waals surface area contributed by atoms with Crippen LogP contribution < -0.4 is 4.74 Å². The van der Waals surface area contributed by atoms with Crippen molar-refractivity contribution in [3.8, 4) is 5.75 Å². The maximum Gasteiger partial charge on any atom is 0.192 e. The van der Waals surface area contributed by atoms with Gasteiger partial charge in [-0.3, -0.25) is 0 Å². The van der Waals surface area contributed by atoms with E-state index < -0.39 is 14.1 Å². The Morgan fingerprint density at radius 3 is 2.44 bits per heavy atom. The summed E-state index contributed by atoms with van der Waals surface area (Å²) < 4.78 is 23.8. The molecule has 142 valence electrons. The first kappa shape index (κ1) is 20.4. The lowest BCUT2D eigenvalue weighted by Gasteiger charge is -2.36. The molecule has 1 heterocycles. The number of ether oxygens (including phenoxy) is 3. The van der Waals surface area contributed by atoms with Gasteiger partial charge < -0.3 is 18.6 Å². The van der Waals surface area contributed by atoms with Crippen molar-refractivity contribution in [2.75, 3.05) is 13.7 Å². The van der Waals surface area contributed by atoms with E-state index >= 15 is 0 Å². The quantitative estimate of drug-likeness (QED) is 0.670. The van der Waals surface area contributed by atoms with E-state index in [-0.39, 0.29) is 11.1 Å². The lowest BCUT2D eigenvalue weighted by molar-refractivity contribution is -0.138.